The Morgan fingerprint density at radius 3 is 1.00 bits per heavy atom. The molecule has 0 bridgehead atoms. The fourth-order valence-electron chi connectivity index (χ4n) is 0. The third-order valence-electron chi connectivity index (χ3n) is 0.183. The van der Waals surface area contributed by atoms with E-state index in [0.717, 1.165) is 0 Å². The van der Waals surface area contributed by atoms with Gasteiger partial charge in [-0.1, -0.05) is 0 Å². The van der Waals surface area contributed by atoms with E-state index in [2.05, 4.69) is 0 Å². The monoisotopic (exact) mass is 216 g/mol. The Labute approximate surface area is 83.0 Å². The quantitative estimate of drug-likeness (QED) is 0.172. The number of phosphoric acid groups is 1. The molecular formula is C2H7FLiO8P. The van der Waals surface area contributed by atoms with E-state index in [1.165, 1.54) is 0 Å². The van der Waals surface area contributed by atoms with E-state index in [0.29, 0.717) is 0 Å². The van der Waals surface area contributed by atoms with E-state index in [1.54, 1.807) is 0 Å². The summed E-state index contributed by atoms with van der Waals surface area (Å²) in [4.78, 5) is 39.8. The molecule has 0 radical (unpaired) electrons. The Hall–Kier alpha value is -0.423. The summed E-state index contributed by atoms with van der Waals surface area (Å²) in [6, 6.07) is 0. The Bertz CT molecular complexity index is 178. The van der Waals surface area contributed by atoms with Gasteiger partial charge in [-0.05, 0) is 0 Å². The van der Waals surface area contributed by atoms with Gasteiger partial charge < -0.3 is 24.9 Å². The number of hydrogen-bond acceptors (Lipinski definition) is 3. The van der Waals surface area contributed by atoms with E-state index in [4.69, 9.17) is 39.0 Å². The first kappa shape index (κ1) is 22.9. The molecule has 0 aliphatic heterocycles. The van der Waals surface area contributed by atoms with Crippen LogP contribution in [0.25, 0.3) is 0 Å². The summed E-state index contributed by atoms with van der Waals surface area (Å²) in [5, 5.41) is 14.8. The van der Waals surface area contributed by atoms with Crippen LogP contribution in [-0.4, -0.2) is 55.7 Å². The van der Waals surface area contributed by atoms with E-state index in [-0.39, 0.29) is 23.6 Å². The van der Waals surface area contributed by atoms with Gasteiger partial charge in [0, 0.05) is 0 Å². The Kier molecular flexibility index (Phi) is 17.0. The van der Waals surface area contributed by atoms with Crippen LogP contribution in [0.4, 0.5) is 4.70 Å². The number of rotatable bonds is 0. The second-order valence-electron chi connectivity index (χ2n) is 1.12. The molecule has 0 aromatic carbocycles. The molecule has 0 aromatic rings. The molecule has 0 aliphatic rings. The van der Waals surface area contributed by atoms with Crippen LogP contribution in [0.1, 0.15) is 0 Å². The van der Waals surface area contributed by atoms with Crippen LogP contribution in [0.2, 0.25) is 0 Å². The molecule has 0 atom stereocenters. The molecule has 0 amide bonds. The predicted molar refractivity (Wildman–Crippen MR) is 39.2 cm³/mol. The minimum atomic E-state index is -4.64. The van der Waals surface area contributed by atoms with Crippen LogP contribution >= 0.6 is 7.82 Å². The van der Waals surface area contributed by atoms with Gasteiger partial charge in [-0.2, -0.15) is 0 Å². The number of hydrogen-bond donors (Lipinski definition) is 5. The minimum absolute atomic E-state index is 0. The van der Waals surface area contributed by atoms with Crippen molar-refractivity contribution in [3.8, 4) is 0 Å². The summed E-state index contributed by atoms with van der Waals surface area (Å²) in [6.45, 7) is 0. The fourth-order valence-corrected chi connectivity index (χ4v) is 0. The van der Waals surface area contributed by atoms with Crippen LogP contribution in [0, 0.1) is 0 Å². The van der Waals surface area contributed by atoms with E-state index in [1.807, 2.05) is 0 Å². The topological polar surface area (TPSA) is 152 Å². The molecule has 0 heterocycles. The standard InChI is InChI=1S/C2H2O4.FH.Li.H3O4P.H/c3-1(4)2(5)6;;;1-5(2,3)4;/h(H,3,4)(H,5,6);1H;;(H3,1,2,3,4);. The second-order valence-corrected chi connectivity index (χ2v) is 2.15. The SMILES string of the molecule is F.O=C(O)C(=O)O.O=P(O)(O)O.[LiH]. The average Bonchev–Trinajstić information content (AvgIpc) is 1.59. The molecule has 0 saturated carbocycles. The first-order valence-corrected chi connectivity index (χ1v) is 3.45. The second kappa shape index (κ2) is 9.66. The molecule has 13 heavy (non-hydrogen) atoms. The number of carboxylic acid groups (broad SMARTS) is 2. The zero-order chi connectivity index (χ0) is 9.65. The molecule has 0 saturated heterocycles. The molecule has 0 spiro atoms. The Morgan fingerprint density at radius 2 is 1.00 bits per heavy atom. The van der Waals surface area contributed by atoms with Gasteiger partial charge in [-0.15, -0.1) is 0 Å². The first-order valence-electron chi connectivity index (χ1n) is 1.89. The van der Waals surface area contributed by atoms with Crippen molar-refractivity contribution in [1.29, 1.82) is 0 Å². The van der Waals surface area contributed by atoms with E-state index < -0.39 is 19.8 Å². The summed E-state index contributed by atoms with van der Waals surface area (Å²) in [5.41, 5.74) is 0. The van der Waals surface area contributed by atoms with Gasteiger partial charge in [-0.25, -0.2) is 14.2 Å². The van der Waals surface area contributed by atoms with Gasteiger partial charge >= 0.3 is 38.6 Å². The van der Waals surface area contributed by atoms with Gasteiger partial charge in [0.1, 0.15) is 0 Å². The van der Waals surface area contributed by atoms with Gasteiger partial charge in [0.05, 0.1) is 0 Å². The molecule has 76 valence electrons. The molecule has 0 unspecified atom stereocenters. The molecule has 11 heteroatoms. The molecule has 0 aromatic heterocycles. The number of aliphatic carboxylic acids is 2. The number of halogens is 1. The summed E-state index contributed by atoms with van der Waals surface area (Å²) >= 11 is 0. The number of carboxylic acids is 2. The van der Waals surface area contributed by atoms with Crippen molar-refractivity contribution in [2.45, 2.75) is 0 Å². The summed E-state index contributed by atoms with van der Waals surface area (Å²) in [6.07, 6.45) is 0. The molecule has 0 rings (SSSR count). The van der Waals surface area contributed by atoms with Crippen LogP contribution in [0.3, 0.4) is 0 Å². The summed E-state index contributed by atoms with van der Waals surface area (Å²) in [5.74, 6) is -3.65. The Balaban J connectivity index is -0.0000000546. The van der Waals surface area contributed by atoms with Crippen LogP contribution in [0.15, 0.2) is 0 Å². The third kappa shape index (κ3) is 83.0. The maximum atomic E-state index is 9.10. The van der Waals surface area contributed by atoms with Crippen molar-refractivity contribution >= 4 is 38.6 Å². The predicted octanol–water partition coefficient (Wildman–Crippen LogP) is -2.27. The molecule has 5 N–H and O–H groups in total. The molecule has 8 nitrogen and oxygen atoms in total. The van der Waals surface area contributed by atoms with Crippen LogP contribution in [-0.2, 0) is 14.2 Å². The van der Waals surface area contributed by atoms with Crippen LogP contribution < -0.4 is 0 Å². The van der Waals surface area contributed by atoms with Gasteiger partial charge in [0.25, 0.3) is 0 Å². The maximum absolute atomic E-state index is 9.10. The van der Waals surface area contributed by atoms with Crippen molar-refractivity contribution in [2.75, 3.05) is 0 Å². The van der Waals surface area contributed by atoms with Crippen molar-refractivity contribution in [1.82, 2.24) is 0 Å². The van der Waals surface area contributed by atoms with Crippen molar-refractivity contribution in [3.05, 3.63) is 0 Å². The molecular weight excluding hydrogens is 209 g/mol. The summed E-state index contributed by atoms with van der Waals surface area (Å²) in [7, 11) is -4.64. The normalized spacial score (nSPS) is 7.92. The zero-order valence-electron chi connectivity index (χ0n) is 5.32. The average molecular weight is 216 g/mol. The van der Waals surface area contributed by atoms with Gasteiger partial charge in [0.2, 0.25) is 0 Å². The molecule has 0 aliphatic carbocycles. The zero-order valence-corrected chi connectivity index (χ0v) is 6.21. The summed E-state index contributed by atoms with van der Waals surface area (Å²) < 4.78 is 8.88. The van der Waals surface area contributed by atoms with E-state index in [9.17, 15) is 0 Å². The van der Waals surface area contributed by atoms with Crippen molar-refractivity contribution < 1.29 is 43.8 Å². The molecule has 0 fully saturated rings. The van der Waals surface area contributed by atoms with Crippen LogP contribution in [0.5, 0.6) is 0 Å². The first-order chi connectivity index (χ1) is 4.64. The number of carbonyl (C=O) groups is 2. The van der Waals surface area contributed by atoms with Gasteiger partial charge in [0.15, 0.2) is 0 Å². The van der Waals surface area contributed by atoms with Gasteiger partial charge in [-0.3, -0.25) is 4.70 Å². The fraction of sp³-hybridized carbons (Fsp3) is 0. The Morgan fingerprint density at radius 1 is 0.923 bits per heavy atom. The third-order valence-corrected chi connectivity index (χ3v) is 0.183. The van der Waals surface area contributed by atoms with Crippen molar-refractivity contribution in [3.63, 3.8) is 0 Å². The van der Waals surface area contributed by atoms with E-state index >= 15 is 0 Å². The van der Waals surface area contributed by atoms with Crippen molar-refractivity contribution in [2.24, 2.45) is 0 Å².